The normalized spacial score (nSPS) is 24.1. The van der Waals surface area contributed by atoms with Gasteiger partial charge in [0.05, 0.1) is 0 Å². The highest BCUT2D eigenvalue weighted by Gasteiger charge is 2.32. The fourth-order valence-electron chi connectivity index (χ4n) is 2.62. The minimum atomic E-state index is -1.46. The van der Waals surface area contributed by atoms with Crippen LogP contribution in [0, 0.1) is 11.3 Å². The lowest BCUT2D eigenvalue weighted by atomic mass is 9.71. The first-order chi connectivity index (χ1) is 8.30. The van der Waals surface area contributed by atoms with Gasteiger partial charge >= 0.3 is 12.1 Å². The van der Waals surface area contributed by atoms with E-state index in [1.54, 1.807) is 0 Å². The lowest BCUT2D eigenvalue weighted by Crippen LogP contribution is -2.33. The molecular formula is C13H22O5. The summed E-state index contributed by atoms with van der Waals surface area (Å²) in [7, 11) is 0. The molecule has 1 aliphatic carbocycles. The molecule has 1 aliphatic rings. The predicted octanol–water partition coefficient (Wildman–Crippen LogP) is 2.83. The van der Waals surface area contributed by atoms with Gasteiger partial charge in [0.25, 0.3) is 0 Å². The highest BCUT2D eigenvalue weighted by Crippen LogP contribution is 2.40. The second-order valence-corrected chi connectivity index (χ2v) is 5.77. The topological polar surface area (TPSA) is 72.8 Å². The van der Waals surface area contributed by atoms with Crippen molar-refractivity contribution in [3.8, 4) is 0 Å². The van der Waals surface area contributed by atoms with Gasteiger partial charge in [-0.25, -0.2) is 9.59 Å². The number of rotatable bonds is 4. The molecule has 0 spiro atoms. The zero-order chi connectivity index (χ0) is 13.8. The summed E-state index contributed by atoms with van der Waals surface area (Å²) >= 11 is 0. The summed E-state index contributed by atoms with van der Waals surface area (Å²) in [6.07, 6.45) is 2.78. The Kier molecular flexibility index (Phi) is 4.99. The lowest BCUT2D eigenvalue weighted by molar-refractivity contribution is -0.156. The average molecular weight is 258 g/mol. The summed E-state index contributed by atoms with van der Waals surface area (Å²) in [6, 6.07) is 0. The van der Waals surface area contributed by atoms with Crippen LogP contribution in [-0.2, 0) is 14.3 Å². The Morgan fingerprint density at radius 2 is 2.11 bits per heavy atom. The van der Waals surface area contributed by atoms with E-state index < -0.39 is 18.7 Å². The van der Waals surface area contributed by atoms with E-state index in [9.17, 15) is 9.59 Å². The maximum Gasteiger partial charge on any atom is 0.506 e. The molecule has 0 aromatic carbocycles. The first-order valence-electron chi connectivity index (χ1n) is 6.35. The Morgan fingerprint density at radius 1 is 1.44 bits per heavy atom. The van der Waals surface area contributed by atoms with Crippen molar-refractivity contribution in [1.82, 2.24) is 0 Å². The molecule has 2 atom stereocenters. The summed E-state index contributed by atoms with van der Waals surface area (Å²) < 4.78 is 9.38. The molecule has 0 aromatic rings. The molecule has 0 aliphatic heterocycles. The van der Waals surface area contributed by atoms with Crippen LogP contribution < -0.4 is 0 Å². The van der Waals surface area contributed by atoms with Crippen molar-refractivity contribution in [2.75, 3.05) is 6.61 Å². The molecule has 1 saturated carbocycles. The number of hydrogen-bond acceptors (Lipinski definition) is 4. The number of carbonyl (C=O) groups is 2. The molecule has 0 amide bonds. The van der Waals surface area contributed by atoms with E-state index in [4.69, 9.17) is 9.84 Å². The number of hydrogen-bond donors (Lipinski definition) is 1. The van der Waals surface area contributed by atoms with E-state index in [-0.39, 0.29) is 6.10 Å². The van der Waals surface area contributed by atoms with E-state index >= 15 is 0 Å². The molecule has 0 radical (unpaired) electrons. The van der Waals surface area contributed by atoms with Crippen LogP contribution in [0.2, 0.25) is 0 Å². The van der Waals surface area contributed by atoms with Gasteiger partial charge in [0.15, 0.2) is 6.61 Å². The second-order valence-electron chi connectivity index (χ2n) is 5.77. The molecule has 0 bridgehead atoms. The zero-order valence-corrected chi connectivity index (χ0v) is 11.3. The molecule has 1 fully saturated rings. The van der Waals surface area contributed by atoms with Gasteiger partial charge in [-0.15, -0.1) is 0 Å². The summed E-state index contributed by atoms with van der Waals surface area (Å²) in [4.78, 5) is 21.5. The van der Waals surface area contributed by atoms with Crippen LogP contribution in [0.3, 0.4) is 0 Å². The predicted molar refractivity (Wildman–Crippen MR) is 65.3 cm³/mol. The van der Waals surface area contributed by atoms with E-state index in [1.807, 2.05) is 6.92 Å². The van der Waals surface area contributed by atoms with Crippen LogP contribution in [-0.4, -0.2) is 29.9 Å². The largest absolute Gasteiger partial charge is 0.506 e. The second kappa shape index (κ2) is 6.07. The Morgan fingerprint density at radius 3 is 2.67 bits per heavy atom. The van der Waals surface area contributed by atoms with E-state index in [0.29, 0.717) is 11.3 Å². The van der Waals surface area contributed by atoms with Gasteiger partial charge < -0.3 is 14.6 Å². The van der Waals surface area contributed by atoms with Crippen LogP contribution in [0.25, 0.3) is 0 Å². The van der Waals surface area contributed by atoms with E-state index in [2.05, 4.69) is 18.6 Å². The molecule has 104 valence electrons. The molecular weight excluding hydrogens is 236 g/mol. The number of esters is 1. The van der Waals surface area contributed by atoms with Gasteiger partial charge in [0.2, 0.25) is 0 Å². The SMILES string of the molecule is CC(OC(=O)COC(=O)O)C1CCCC(C)(C)C1. The van der Waals surface area contributed by atoms with Crippen molar-refractivity contribution in [3.05, 3.63) is 0 Å². The van der Waals surface area contributed by atoms with E-state index in [0.717, 1.165) is 19.3 Å². The Labute approximate surface area is 107 Å². The molecule has 0 aromatic heterocycles. The van der Waals surface area contributed by atoms with Crippen molar-refractivity contribution in [2.45, 2.75) is 52.6 Å². The van der Waals surface area contributed by atoms with E-state index in [1.165, 1.54) is 6.42 Å². The van der Waals surface area contributed by atoms with Gasteiger partial charge in [-0.1, -0.05) is 20.3 Å². The summed E-state index contributed by atoms with van der Waals surface area (Å²) in [5.74, 6) is -0.268. The smallest absolute Gasteiger partial charge is 0.460 e. The van der Waals surface area contributed by atoms with Crippen LogP contribution in [0.4, 0.5) is 4.79 Å². The first-order valence-corrected chi connectivity index (χ1v) is 6.35. The third kappa shape index (κ3) is 4.94. The molecule has 2 unspecified atom stereocenters. The molecule has 5 nitrogen and oxygen atoms in total. The van der Waals surface area contributed by atoms with Gasteiger partial charge in [-0.2, -0.15) is 0 Å². The lowest BCUT2D eigenvalue weighted by Gasteiger charge is -2.37. The molecule has 18 heavy (non-hydrogen) atoms. The number of carboxylic acid groups (broad SMARTS) is 1. The van der Waals surface area contributed by atoms with Gasteiger partial charge in [0.1, 0.15) is 6.10 Å². The van der Waals surface area contributed by atoms with Crippen LogP contribution >= 0.6 is 0 Å². The van der Waals surface area contributed by atoms with Gasteiger partial charge in [-0.05, 0) is 37.5 Å². The molecule has 5 heteroatoms. The molecule has 0 saturated heterocycles. The van der Waals surface area contributed by atoms with Gasteiger partial charge in [-0.3, -0.25) is 0 Å². The number of carbonyl (C=O) groups excluding carboxylic acids is 1. The van der Waals surface area contributed by atoms with Gasteiger partial charge in [0, 0.05) is 0 Å². The quantitative estimate of drug-likeness (QED) is 0.785. The Hall–Kier alpha value is -1.26. The fourth-order valence-corrected chi connectivity index (χ4v) is 2.62. The van der Waals surface area contributed by atoms with Crippen LogP contribution in [0.15, 0.2) is 0 Å². The minimum Gasteiger partial charge on any atom is -0.460 e. The van der Waals surface area contributed by atoms with Crippen molar-refractivity contribution >= 4 is 12.1 Å². The summed E-state index contributed by atoms with van der Waals surface area (Å²) in [6.45, 7) is 5.78. The monoisotopic (exact) mass is 258 g/mol. The molecule has 0 heterocycles. The summed E-state index contributed by atoms with van der Waals surface area (Å²) in [5, 5.41) is 8.28. The summed E-state index contributed by atoms with van der Waals surface area (Å²) in [5.41, 5.74) is 0.293. The number of ether oxygens (including phenoxy) is 2. The zero-order valence-electron chi connectivity index (χ0n) is 11.3. The Balaban J connectivity index is 2.37. The maximum atomic E-state index is 11.4. The third-order valence-electron chi connectivity index (χ3n) is 3.54. The minimum absolute atomic E-state index is 0.186. The highest BCUT2D eigenvalue weighted by molar-refractivity contribution is 5.73. The van der Waals surface area contributed by atoms with Crippen molar-refractivity contribution < 1.29 is 24.2 Å². The van der Waals surface area contributed by atoms with Crippen LogP contribution in [0.5, 0.6) is 0 Å². The van der Waals surface area contributed by atoms with Crippen LogP contribution in [0.1, 0.15) is 46.5 Å². The first kappa shape index (κ1) is 14.8. The molecule has 1 N–H and O–H groups in total. The highest BCUT2D eigenvalue weighted by atomic mass is 16.7. The van der Waals surface area contributed by atoms with Crippen molar-refractivity contribution in [1.29, 1.82) is 0 Å². The standard InChI is InChI=1S/C13H22O5/c1-9(18-11(14)8-17-12(15)16)10-5-4-6-13(2,3)7-10/h9-10H,4-8H2,1-3H3,(H,15,16). The average Bonchev–Trinajstić information content (AvgIpc) is 2.25. The fraction of sp³-hybridized carbons (Fsp3) is 0.846. The molecule has 1 rings (SSSR count). The van der Waals surface area contributed by atoms with Crippen molar-refractivity contribution in [3.63, 3.8) is 0 Å². The maximum absolute atomic E-state index is 11.4. The van der Waals surface area contributed by atoms with Crippen molar-refractivity contribution in [2.24, 2.45) is 11.3 Å². The third-order valence-corrected chi connectivity index (χ3v) is 3.54. The Bertz CT molecular complexity index is 311.